The number of methoxy groups -OCH3 is 1. The molecule has 2 amide bonds. The smallest absolute Gasteiger partial charge is 0.263 e. The van der Waals surface area contributed by atoms with Gasteiger partial charge in [-0.3, -0.25) is 14.6 Å². The normalized spacial score (nSPS) is 11.8. The van der Waals surface area contributed by atoms with Crippen molar-refractivity contribution >= 4 is 33.9 Å². The lowest BCUT2D eigenvalue weighted by molar-refractivity contribution is -0.120. The highest BCUT2D eigenvalue weighted by Crippen LogP contribution is 2.28. The molecule has 0 fully saturated rings. The van der Waals surface area contributed by atoms with E-state index in [2.05, 4.69) is 37.7 Å². The maximum atomic E-state index is 12.7. The molecule has 1 unspecified atom stereocenters. The number of hydrogen-bond donors (Lipinski definition) is 3. The van der Waals surface area contributed by atoms with Crippen molar-refractivity contribution in [1.82, 2.24) is 25.6 Å². The zero-order chi connectivity index (χ0) is 24.6. The van der Waals surface area contributed by atoms with E-state index < -0.39 is 0 Å². The Morgan fingerprint density at radius 2 is 1.91 bits per heavy atom. The second-order valence-electron chi connectivity index (χ2n) is 8.27. The summed E-state index contributed by atoms with van der Waals surface area (Å²) in [5, 5.41) is 7.94. The fourth-order valence-corrected chi connectivity index (χ4v) is 4.47. The Hall–Kier alpha value is -3.72. The minimum Gasteiger partial charge on any atom is -0.497 e. The maximum absolute atomic E-state index is 12.7. The SMILES string of the molecule is CNC(=O)CCCCCC(NC(=O)c1cncs1)c1ncc(-c2ccc3cc(OC)ccc3c2)[nH]1. The number of unbranched alkanes of at least 4 members (excludes halogenated alkanes) is 2. The number of aromatic amines is 1. The fraction of sp³-hybridized carbons (Fsp3) is 0.308. The largest absolute Gasteiger partial charge is 0.497 e. The predicted molar refractivity (Wildman–Crippen MR) is 138 cm³/mol. The number of benzene rings is 2. The van der Waals surface area contributed by atoms with E-state index in [1.165, 1.54) is 11.3 Å². The first kappa shape index (κ1) is 24.4. The number of nitrogens with one attached hydrogen (secondary N) is 3. The Balaban J connectivity index is 1.49. The zero-order valence-electron chi connectivity index (χ0n) is 19.8. The number of thiazole rings is 1. The molecule has 2 aromatic carbocycles. The molecule has 0 saturated carbocycles. The first-order valence-corrected chi connectivity index (χ1v) is 12.5. The molecule has 35 heavy (non-hydrogen) atoms. The summed E-state index contributed by atoms with van der Waals surface area (Å²) < 4.78 is 5.32. The summed E-state index contributed by atoms with van der Waals surface area (Å²) in [6.45, 7) is 0. The molecule has 0 aliphatic carbocycles. The number of fused-ring (bicyclic) bond motifs is 1. The molecule has 3 N–H and O–H groups in total. The number of nitrogens with zero attached hydrogens (tertiary/aromatic N) is 2. The van der Waals surface area contributed by atoms with Crippen molar-refractivity contribution in [2.24, 2.45) is 0 Å². The summed E-state index contributed by atoms with van der Waals surface area (Å²) >= 11 is 1.30. The van der Waals surface area contributed by atoms with Crippen LogP contribution in [0.15, 0.2) is 54.3 Å². The van der Waals surface area contributed by atoms with Crippen molar-refractivity contribution in [3.8, 4) is 17.0 Å². The third kappa shape index (κ3) is 6.24. The number of ether oxygens (including phenoxy) is 1. The van der Waals surface area contributed by atoms with Gasteiger partial charge >= 0.3 is 0 Å². The lowest BCUT2D eigenvalue weighted by Gasteiger charge is -2.16. The van der Waals surface area contributed by atoms with Crippen molar-refractivity contribution < 1.29 is 14.3 Å². The molecule has 9 heteroatoms. The van der Waals surface area contributed by atoms with E-state index in [-0.39, 0.29) is 17.9 Å². The molecule has 2 heterocycles. The first-order chi connectivity index (χ1) is 17.1. The minimum atomic E-state index is -0.275. The summed E-state index contributed by atoms with van der Waals surface area (Å²) in [4.78, 5) is 36.8. The Morgan fingerprint density at radius 3 is 2.69 bits per heavy atom. The maximum Gasteiger partial charge on any atom is 0.263 e. The van der Waals surface area contributed by atoms with Crippen molar-refractivity contribution in [3.05, 3.63) is 65.0 Å². The van der Waals surface area contributed by atoms with Crippen LogP contribution in [0.5, 0.6) is 5.75 Å². The highest BCUT2D eigenvalue weighted by molar-refractivity contribution is 7.11. The van der Waals surface area contributed by atoms with E-state index in [1.807, 2.05) is 24.3 Å². The Kier molecular flexibility index (Phi) is 8.10. The molecule has 0 bridgehead atoms. The Bertz CT molecular complexity index is 1290. The number of rotatable bonds is 11. The van der Waals surface area contributed by atoms with Crippen LogP contribution in [-0.4, -0.2) is 40.9 Å². The zero-order valence-corrected chi connectivity index (χ0v) is 20.7. The number of carbonyl (C=O) groups excluding carboxylic acids is 2. The van der Waals surface area contributed by atoms with Crippen LogP contribution < -0.4 is 15.4 Å². The summed E-state index contributed by atoms with van der Waals surface area (Å²) in [7, 11) is 3.31. The van der Waals surface area contributed by atoms with Crippen LogP contribution >= 0.6 is 11.3 Å². The Labute approximate surface area is 208 Å². The van der Waals surface area contributed by atoms with Gasteiger partial charge in [0.1, 0.15) is 16.5 Å². The van der Waals surface area contributed by atoms with E-state index in [0.717, 1.165) is 47.0 Å². The topological polar surface area (TPSA) is 109 Å². The number of imidazole rings is 1. The van der Waals surface area contributed by atoms with E-state index in [4.69, 9.17) is 4.74 Å². The molecule has 4 rings (SSSR count). The van der Waals surface area contributed by atoms with Crippen LogP contribution in [-0.2, 0) is 4.79 Å². The molecule has 4 aromatic rings. The van der Waals surface area contributed by atoms with Gasteiger partial charge in [-0.15, -0.1) is 11.3 Å². The third-order valence-electron chi connectivity index (χ3n) is 5.92. The molecule has 182 valence electrons. The van der Waals surface area contributed by atoms with E-state index >= 15 is 0 Å². The van der Waals surface area contributed by atoms with Crippen molar-refractivity contribution in [2.45, 2.75) is 38.1 Å². The lowest BCUT2D eigenvalue weighted by atomic mass is 10.0. The number of amides is 2. The predicted octanol–water partition coefficient (Wildman–Crippen LogP) is 4.86. The average Bonchev–Trinajstić information content (AvgIpc) is 3.60. The van der Waals surface area contributed by atoms with Gasteiger partial charge in [0.15, 0.2) is 0 Å². The number of carbonyl (C=O) groups is 2. The van der Waals surface area contributed by atoms with Crippen LogP contribution in [0, 0.1) is 0 Å². The number of aromatic nitrogens is 3. The lowest BCUT2D eigenvalue weighted by Crippen LogP contribution is -2.28. The molecule has 0 spiro atoms. The molecule has 0 saturated heterocycles. The minimum absolute atomic E-state index is 0.0459. The number of hydrogen-bond acceptors (Lipinski definition) is 6. The van der Waals surface area contributed by atoms with E-state index in [1.54, 1.807) is 32.1 Å². The van der Waals surface area contributed by atoms with Crippen molar-refractivity contribution in [2.75, 3.05) is 14.2 Å². The van der Waals surface area contributed by atoms with Crippen LogP contribution in [0.4, 0.5) is 0 Å². The van der Waals surface area contributed by atoms with Crippen molar-refractivity contribution in [3.63, 3.8) is 0 Å². The Morgan fingerprint density at radius 1 is 1.09 bits per heavy atom. The van der Waals surface area contributed by atoms with Crippen LogP contribution in [0.3, 0.4) is 0 Å². The molecule has 0 aliphatic rings. The van der Waals surface area contributed by atoms with E-state index in [9.17, 15) is 9.59 Å². The van der Waals surface area contributed by atoms with Gasteiger partial charge in [0.05, 0.1) is 36.7 Å². The van der Waals surface area contributed by atoms with Crippen LogP contribution in [0.25, 0.3) is 22.0 Å². The monoisotopic (exact) mass is 491 g/mol. The standard InChI is InChI=1S/C26H29N5O3S/c1-27-24(32)7-5-3-4-6-21(31-26(33)23-15-28-16-35-23)25-29-14-22(30-25)19-9-8-18-13-20(34-2)11-10-17(18)12-19/h8-16,21H,3-7H2,1-2H3,(H,27,32)(H,29,30)(H,31,33). The second kappa shape index (κ2) is 11.6. The fourth-order valence-electron chi connectivity index (χ4n) is 3.95. The molecule has 2 aromatic heterocycles. The highest BCUT2D eigenvalue weighted by Gasteiger charge is 2.20. The molecule has 1 atom stereocenters. The molecular weight excluding hydrogens is 462 g/mol. The number of H-pyrrole nitrogens is 1. The van der Waals surface area contributed by atoms with Gasteiger partial charge < -0.3 is 20.4 Å². The third-order valence-corrected chi connectivity index (χ3v) is 6.69. The van der Waals surface area contributed by atoms with Gasteiger partial charge in [-0.2, -0.15) is 0 Å². The summed E-state index contributed by atoms with van der Waals surface area (Å²) in [5.41, 5.74) is 3.54. The van der Waals surface area contributed by atoms with Crippen LogP contribution in [0.2, 0.25) is 0 Å². The molecule has 0 aliphatic heterocycles. The van der Waals surface area contributed by atoms with Gasteiger partial charge in [0.25, 0.3) is 5.91 Å². The van der Waals surface area contributed by atoms with Gasteiger partial charge in [0.2, 0.25) is 5.91 Å². The summed E-state index contributed by atoms with van der Waals surface area (Å²) in [6, 6.07) is 11.9. The second-order valence-corrected chi connectivity index (χ2v) is 9.16. The van der Waals surface area contributed by atoms with Gasteiger partial charge in [-0.05, 0) is 41.8 Å². The molecule has 8 nitrogen and oxygen atoms in total. The summed E-state index contributed by atoms with van der Waals surface area (Å²) in [6.07, 6.45) is 7.15. The quantitative estimate of drug-likeness (QED) is 0.260. The molecule has 0 radical (unpaired) electrons. The molecular formula is C26H29N5O3S. The first-order valence-electron chi connectivity index (χ1n) is 11.6. The van der Waals surface area contributed by atoms with E-state index in [0.29, 0.717) is 23.5 Å². The summed E-state index contributed by atoms with van der Waals surface area (Å²) in [5.74, 6) is 1.41. The van der Waals surface area contributed by atoms with Crippen LogP contribution in [0.1, 0.15) is 53.6 Å². The average molecular weight is 492 g/mol. The van der Waals surface area contributed by atoms with Gasteiger partial charge in [-0.25, -0.2) is 4.98 Å². The van der Waals surface area contributed by atoms with Gasteiger partial charge in [0, 0.05) is 19.0 Å². The van der Waals surface area contributed by atoms with Gasteiger partial charge in [-0.1, -0.05) is 31.0 Å². The van der Waals surface area contributed by atoms with Crippen molar-refractivity contribution in [1.29, 1.82) is 0 Å². The highest BCUT2D eigenvalue weighted by atomic mass is 32.1.